The van der Waals surface area contributed by atoms with Crippen molar-refractivity contribution in [1.29, 1.82) is 0 Å². The highest BCUT2D eigenvalue weighted by Gasteiger charge is 2.35. The van der Waals surface area contributed by atoms with Gasteiger partial charge in [-0.15, -0.1) is 0 Å². The van der Waals surface area contributed by atoms with Crippen molar-refractivity contribution in [3.63, 3.8) is 0 Å². The van der Waals surface area contributed by atoms with Gasteiger partial charge in [0.1, 0.15) is 30.8 Å². The Morgan fingerprint density at radius 1 is 1.24 bits per heavy atom. The van der Waals surface area contributed by atoms with Gasteiger partial charge < -0.3 is 19.1 Å². The fraction of sp³-hybridized carbons (Fsp3) is 0.429. The minimum Gasteiger partial charge on any atom is -0.375 e. The number of fused-ring (bicyclic) bond motifs is 1. The molecule has 1 aromatic carbocycles. The molecule has 0 fully saturated rings. The van der Waals surface area contributed by atoms with Crippen LogP contribution >= 0.6 is 0 Å². The third-order valence-corrected chi connectivity index (χ3v) is 5.13. The lowest BCUT2D eigenvalue weighted by molar-refractivity contribution is -0.145. The largest absolute Gasteiger partial charge is 0.375 e. The molecule has 2 amide bonds. The maximum atomic E-state index is 14.6. The summed E-state index contributed by atoms with van der Waals surface area (Å²) in [7, 11) is 1.42. The topological polar surface area (TPSA) is 54.8 Å². The van der Waals surface area contributed by atoms with Crippen LogP contribution in [0.2, 0.25) is 0 Å². The molecule has 3 rings (SSSR count). The number of carbonyl (C=O) groups is 2. The molecule has 6 nitrogen and oxygen atoms in total. The van der Waals surface area contributed by atoms with Crippen LogP contribution in [-0.4, -0.2) is 59.0 Å². The molecule has 8 heteroatoms. The minimum absolute atomic E-state index is 0.121. The molecule has 29 heavy (non-hydrogen) atoms. The molecule has 0 spiro atoms. The van der Waals surface area contributed by atoms with Gasteiger partial charge in [0, 0.05) is 49.8 Å². The Balaban J connectivity index is 1.94. The van der Waals surface area contributed by atoms with Gasteiger partial charge >= 0.3 is 0 Å². The van der Waals surface area contributed by atoms with Crippen LogP contribution in [0.25, 0.3) is 0 Å². The van der Waals surface area contributed by atoms with Crippen molar-refractivity contribution in [2.24, 2.45) is 0 Å². The molecular weight excluding hydrogens is 380 g/mol. The van der Waals surface area contributed by atoms with Crippen molar-refractivity contribution in [2.75, 3.05) is 26.8 Å². The van der Waals surface area contributed by atoms with Crippen LogP contribution in [0.3, 0.4) is 0 Å². The second-order valence-corrected chi connectivity index (χ2v) is 7.33. The Hall–Kier alpha value is -2.74. The predicted octanol–water partition coefficient (Wildman–Crippen LogP) is 2.58. The standard InChI is InChI=1S/C21H25F2N3O3/c1-14(2)26(20(28)13-29-3)12-19(27)25-10-9-24-8-4-5-18(24)21(25)16-7-6-15(22)11-17(16)23/h4-8,11,14,21H,9-10,12-13H2,1-3H3. The fourth-order valence-electron chi connectivity index (χ4n) is 3.70. The number of nitrogens with zero attached hydrogens (tertiary/aromatic N) is 3. The van der Waals surface area contributed by atoms with E-state index in [9.17, 15) is 18.4 Å². The normalized spacial score (nSPS) is 16.1. The summed E-state index contributed by atoms with van der Waals surface area (Å²) in [5, 5.41) is 0. The first-order valence-electron chi connectivity index (χ1n) is 9.51. The Kier molecular flexibility index (Phi) is 6.32. The lowest BCUT2D eigenvalue weighted by Crippen LogP contribution is -2.50. The molecule has 1 aromatic heterocycles. The molecule has 0 aliphatic carbocycles. The van der Waals surface area contributed by atoms with Crippen molar-refractivity contribution in [1.82, 2.24) is 14.4 Å². The van der Waals surface area contributed by atoms with Crippen LogP contribution in [0.15, 0.2) is 36.5 Å². The maximum Gasteiger partial charge on any atom is 0.249 e. The average Bonchev–Trinajstić information content (AvgIpc) is 3.14. The SMILES string of the molecule is COCC(=O)N(CC(=O)N1CCn2cccc2C1c1ccc(F)cc1F)C(C)C. The van der Waals surface area contributed by atoms with Gasteiger partial charge in [-0.2, -0.15) is 0 Å². The molecule has 2 heterocycles. The van der Waals surface area contributed by atoms with Crippen LogP contribution in [0.5, 0.6) is 0 Å². The number of halogens is 2. The summed E-state index contributed by atoms with van der Waals surface area (Å²) in [5.74, 6) is -1.98. The highest BCUT2D eigenvalue weighted by Crippen LogP contribution is 2.34. The van der Waals surface area contributed by atoms with E-state index in [0.717, 1.165) is 11.8 Å². The average molecular weight is 405 g/mol. The van der Waals surface area contributed by atoms with Gasteiger partial charge in [0.15, 0.2) is 0 Å². The molecule has 0 saturated heterocycles. The van der Waals surface area contributed by atoms with E-state index < -0.39 is 17.7 Å². The fourth-order valence-corrected chi connectivity index (χ4v) is 3.70. The van der Waals surface area contributed by atoms with E-state index in [0.29, 0.717) is 13.1 Å². The molecule has 0 radical (unpaired) electrons. The Morgan fingerprint density at radius 2 is 2.00 bits per heavy atom. The molecular formula is C21H25F2N3O3. The smallest absolute Gasteiger partial charge is 0.249 e. The second kappa shape index (κ2) is 8.73. The van der Waals surface area contributed by atoms with Crippen LogP contribution in [0.4, 0.5) is 8.78 Å². The van der Waals surface area contributed by atoms with Gasteiger partial charge in [-0.25, -0.2) is 8.78 Å². The Morgan fingerprint density at radius 3 is 2.66 bits per heavy atom. The molecule has 2 aromatic rings. The van der Waals surface area contributed by atoms with Crippen molar-refractivity contribution in [3.05, 3.63) is 59.4 Å². The number of hydrogen-bond acceptors (Lipinski definition) is 3. The van der Waals surface area contributed by atoms with Crippen LogP contribution in [-0.2, 0) is 20.9 Å². The number of carbonyl (C=O) groups excluding carboxylic acids is 2. The number of ether oxygens (including phenoxy) is 1. The summed E-state index contributed by atoms with van der Waals surface area (Å²) in [6, 6.07) is 6.14. The van der Waals surface area contributed by atoms with Gasteiger partial charge in [0.05, 0.1) is 0 Å². The van der Waals surface area contributed by atoms with E-state index in [2.05, 4.69) is 0 Å². The highest BCUT2D eigenvalue weighted by molar-refractivity contribution is 5.86. The third kappa shape index (κ3) is 4.32. The summed E-state index contributed by atoms with van der Waals surface area (Å²) in [4.78, 5) is 28.5. The van der Waals surface area contributed by atoms with Crippen molar-refractivity contribution < 1.29 is 23.1 Å². The second-order valence-electron chi connectivity index (χ2n) is 7.33. The van der Waals surface area contributed by atoms with E-state index >= 15 is 0 Å². The van der Waals surface area contributed by atoms with E-state index in [1.807, 2.05) is 36.7 Å². The highest BCUT2D eigenvalue weighted by atomic mass is 19.1. The number of aromatic nitrogens is 1. The molecule has 1 unspecified atom stereocenters. The molecule has 0 N–H and O–H groups in total. The van der Waals surface area contributed by atoms with Gasteiger partial charge in [-0.05, 0) is 32.0 Å². The zero-order valence-electron chi connectivity index (χ0n) is 16.8. The van der Waals surface area contributed by atoms with Crippen LogP contribution in [0, 0.1) is 11.6 Å². The van der Waals surface area contributed by atoms with Crippen molar-refractivity contribution in [2.45, 2.75) is 32.5 Å². The predicted molar refractivity (Wildman–Crippen MR) is 103 cm³/mol. The number of rotatable bonds is 6. The molecule has 0 bridgehead atoms. The van der Waals surface area contributed by atoms with E-state index in [1.54, 1.807) is 4.90 Å². The van der Waals surface area contributed by atoms with Crippen molar-refractivity contribution in [3.8, 4) is 0 Å². The van der Waals surface area contributed by atoms with E-state index in [4.69, 9.17) is 4.74 Å². The number of hydrogen-bond donors (Lipinski definition) is 0. The zero-order chi connectivity index (χ0) is 21.1. The molecule has 1 aliphatic rings. The first kappa shape index (κ1) is 21.0. The molecule has 1 aliphatic heterocycles. The summed E-state index contributed by atoms with van der Waals surface area (Å²) in [6.45, 7) is 4.29. The Bertz CT molecular complexity index is 897. The quantitative estimate of drug-likeness (QED) is 0.742. The summed E-state index contributed by atoms with van der Waals surface area (Å²) in [5.41, 5.74) is 0.966. The number of amides is 2. The van der Waals surface area contributed by atoms with E-state index in [1.165, 1.54) is 24.1 Å². The van der Waals surface area contributed by atoms with Gasteiger partial charge in [-0.3, -0.25) is 9.59 Å². The van der Waals surface area contributed by atoms with Crippen molar-refractivity contribution >= 4 is 11.8 Å². The monoisotopic (exact) mass is 405 g/mol. The van der Waals surface area contributed by atoms with Crippen LogP contribution in [0.1, 0.15) is 31.1 Å². The first-order chi connectivity index (χ1) is 13.8. The lowest BCUT2D eigenvalue weighted by atomic mass is 9.99. The number of benzene rings is 1. The van der Waals surface area contributed by atoms with Gasteiger partial charge in [-0.1, -0.05) is 6.07 Å². The van der Waals surface area contributed by atoms with E-state index in [-0.39, 0.29) is 36.6 Å². The summed E-state index contributed by atoms with van der Waals surface area (Å²) < 4.78 is 34.9. The molecule has 1 atom stereocenters. The van der Waals surface area contributed by atoms with Gasteiger partial charge in [0.2, 0.25) is 11.8 Å². The molecule has 0 saturated carbocycles. The summed E-state index contributed by atoms with van der Waals surface area (Å²) in [6.07, 6.45) is 1.87. The third-order valence-electron chi connectivity index (χ3n) is 5.13. The maximum absolute atomic E-state index is 14.6. The van der Waals surface area contributed by atoms with Gasteiger partial charge in [0.25, 0.3) is 0 Å². The molecule has 156 valence electrons. The first-order valence-corrected chi connectivity index (χ1v) is 9.51. The zero-order valence-corrected chi connectivity index (χ0v) is 16.8. The summed E-state index contributed by atoms with van der Waals surface area (Å²) >= 11 is 0. The number of methoxy groups -OCH3 is 1. The Labute approximate surface area is 168 Å². The lowest BCUT2D eigenvalue weighted by Gasteiger charge is -2.39. The minimum atomic E-state index is -0.710. The van der Waals surface area contributed by atoms with Crippen LogP contribution < -0.4 is 0 Å².